The highest BCUT2D eigenvalue weighted by Crippen LogP contribution is 2.39. The first kappa shape index (κ1) is 27.1. The number of hydrogen-bond donors (Lipinski definition) is 0. The summed E-state index contributed by atoms with van der Waals surface area (Å²) in [5.41, 5.74) is 0.838. The second-order valence-electron chi connectivity index (χ2n) is 8.51. The Morgan fingerprint density at radius 2 is 1.59 bits per heavy atom. The lowest BCUT2D eigenvalue weighted by Crippen LogP contribution is -2.31. The summed E-state index contributed by atoms with van der Waals surface area (Å²) in [5.74, 6) is 3.55. The largest absolute Gasteiger partial charge is 0.493 e. The lowest BCUT2D eigenvalue weighted by molar-refractivity contribution is 0.121. The zero-order valence-electron chi connectivity index (χ0n) is 21.3. The third-order valence-electron chi connectivity index (χ3n) is 5.62. The van der Waals surface area contributed by atoms with Gasteiger partial charge < -0.3 is 28.6 Å². The van der Waals surface area contributed by atoms with Gasteiger partial charge in [-0.25, -0.2) is 0 Å². The molecule has 186 valence electrons. The fourth-order valence-corrected chi connectivity index (χ4v) is 3.67. The molecule has 1 atom stereocenters. The van der Waals surface area contributed by atoms with E-state index in [2.05, 4.69) is 31.9 Å². The Bertz CT molecular complexity index is 926. The lowest BCUT2D eigenvalue weighted by Gasteiger charge is -2.27. The van der Waals surface area contributed by atoms with E-state index < -0.39 is 0 Å². The zero-order chi connectivity index (χ0) is 24.9. The quantitative estimate of drug-likeness (QED) is 0.340. The summed E-state index contributed by atoms with van der Waals surface area (Å²) in [4.78, 5) is 2.29. The predicted molar refractivity (Wildman–Crippen MR) is 133 cm³/mol. The number of nitriles is 1. The van der Waals surface area contributed by atoms with Crippen molar-refractivity contribution in [3.63, 3.8) is 0 Å². The van der Waals surface area contributed by atoms with Crippen LogP contribution < -0.4 is 23.7 Å². The minimum Gasteiger partial charge on any atom is -0.493 e. The van der Waals surface area contributed by atoms with Crippen LogP contribution in [0.3, 0.4) is 0 Å². The normalized spacial score (nSPS) is 11.7. The van der Waals surface area contributed by atoms with E-state index in [4.69, 9.17) is 28.9 Å². The Hall–Kier alpha value is -3.11. The van der Waals surface area contributed by atoms with E-state index in [1.807, 2.05) is 36.4 Å². The Kier molecular flexibility index (Phi) is 11.3. The second-order valence-corrected chi connectivity index (χ2v) is 8.51. The van der Waals surface area contributed by atoms with Crippen molar-refractivity contribution >= 4 is 0 Å². The highest BCUT2D eigenvalue weighted by atomic mass is 16.5. The lowest BCUT2D eigenvalue weighted by atomic mass is 10.0. The fourth-order valence-electron chi connectivity index (χ4n) is 3.67. The van der Waals surface area contributed by atoms with Crippen molar-refractivity contribution in [1.29, 1.82) is 5.26 Å². The Balaban J connectivity index is 1.91. The number of para-hydroxylation sites is 2. The Labute approximate surface area is 204 Å². The van der Waals surface area contributed by atoms with Gasteiger partial charge in [0.25, 0.3) is 0 Å². The van der Waals surface area contributed by atoms with Gasteiger partial charge in [0.05, 0.1) is 40.4 Å². The van der Waals surface area contributed by atoms with E-state index in [9.17, 15) is 0 Å². The van der Waals surface area contributed by atoms with Crippen LogP contribution in [0.1, 0.15) is 32.3 Å². The first-order valence-electron chi connectivity index (χ1n) is 11.7. The molecule has 34 heavy (non-hydrogen) atoms. The van der Waals surface area contributed by atoms with Crippen LogP contribution in [0.2, 0.25) is 0 Å². The molecule has 0 N–H and O–H groups in total. The number of methoxy groups -OCH3 is 3. The van der Waals surface area contributed by atoms with E-state index in [-0.39, 0.29) is 12.5 Å². The van der Waals surface area contributed by atoms with Crippen LogP contribution in [0.25, 0.3) is 0 Å². The van der Waals surface area contributed by atoms with Crippen LogP contribution in [-0.4, -0.2) is 59.1 Å². The van der Waals surface area contributed by atoms with E-state index >= 15 is 0 Å². The maximum atomic E-state index is 9.11. The topological polar surface area (TPSA) is 73.2 Å². The SMILES string of the molecule is COc1ccccc1OCCCN(C)CCC(Oc1cc(CC#N)cc(OC)c1OC)C(C)C. The Morgan fingerprint density at radius 3 is 2.21 bits per heavy atom. The summed E-state index contributed by atoms with van der Waals surface area (Å²) >= 11 is 0. The molecule has 0 radical (unpaired) electrons. The summed E-state index contributed by atoms with van der Waals surface area (Å²) in [7, 11) is 6.94. The first-order valence-corrected chi connectivity index (χ1v) is 11.7. The number of benzene rings is 2. The molecule has 0 saturated heterocycles. The van der Waals surface area contributed by atoms with Crippen LogP contribution in [0.4, 0.5) is 0 Å². The molecule has 0 aromatic heterocycles. The number of hydrogen-bond acceptors (Lipinski definition) is 7. The molecule has 7 nitrogen and oxygen atoms in total. The van der Waals surface area contributed by atoms with Crippen LogP contribution in [0.5, 0.6) is 28.7 Å². The van der Waals surface area contributed by atoms with E-state index in [1.165, 1.54) is 0 Å². The van der Waals surface area contributed by atoms with E-state index in [1.54, 1.807) is 21.3 Å². The highest BCUT2D eigenvalue weighted by molar-refractivity contribution is 5.54. The average Bonchev–Trinajstić information content (AvgIpc) is 2.84. The predicted octanol–water partition coefficient (Wildman–Crippen LogP) is 4.97. The third kappa shape index (κ3) is 8.03. The van der Waals surface area contributed by atoms with E-state index in [0.717, 1.165) is 43.0 Å². The van der Waals surface area contributed by atoms with Crippen LogP contribution in [-0.2, 0) is 6.42 Å². The summed E-state index contributed by atoms with van der Waals surface area (Å²) in [6, 6.07) is 13.6. The van der Waals surface area contributed by atoms with Crippen molar-refractivity contribution < 1.29 is 23.7 Å². The van der Waals surface area contributed by atoms with Gasteiger partial charge in [-0.1, -0.05) is 26.0 Å². The molecule has 0 bridgehead atoms. The van der Waals surface area contributed by atoms with Gasteiger partial charge >= 0.3 is 0 Å². The highest BCUT2D eigenvalue weighted by Gasteiger charge is 2.21. The van der Waals surface area contributed by atoms with Gasteiger partial charge in [0, 0.05) is 13.1 Å². The van der Waals surface area contributed by atoms with Crippen LogP contribution in [0.15, 0.2) is 36.4 Å². The van der Waals surface area contributed by atoms with Crippen molar-refractivity contribution in [3.05, 3.63) is 42.0 Å². The molecule has 0 amide bonds. The molecule has 1 unspecified atom stereocenters. The molecule has 0 saturated carbocycles. The maximum Gasteiger partial charge on any atom is 0.203 e. The third-order valence-corrected chi connectivity index (χ3v) is 5.62. The Morgan fingerprint density at radius 1 is 0.912 bits per heavy atom. The zero-order valence-corrected chi connectivity index (χ0v) is 21.3. The molecular formula is C27H38N2O5. The van der Waals surface area contributed by atoms with Gasteiger partial charge in [0.15, 0.2) is 23.0 Å². The number of nitrogens with zero attached hydrogens (tertiary/aromatic N) is 2. The molecule has 0 aliphatic rings. The van der Waals surface area contributed by atoms with Crippen LogP contribution >= 0.6 is 0 Å². The van der Waals surface area contributed by atoms with E-state index in [0.29, 0.717) is 29.8 Å². The fraction of sp³-hybridized carbons (Fsp3) is 0.519. The van der Waals surface area contributed by atoms with Crippen molar-refractivity contribution in [2.75, 3.05) is 48.1 Å². The second kappa shape index (κ2) is 14.2. The molecule has 2 aromatic carbocycles. The van der Waals surface area contributed by atoms with Crippen LogP contribution in [0, 0.1) is 17.2 Å². The van der Waals surface area contributed by atoms with Gasteiger partial charge in [-0.05, 0) is 55.6 Å². The summed E-state index contributed by atoms with van der Waals surface area (Å²) in [6.45, 7) is 6.71. The number of ether oxygens (including phenoxy) is 5. The molecule has 0 aliphatic heterocycles. The molecule has 2 aromatic rings. The minimum absolute atomic E-state index is 0.0109. The smallest absolute Gasteiger partial charge is 0.203 e. The maximum absolute atomic E-state index is 9.11. The van der Waals surface area contributed by atoms with Crippen molar-refractivity contribution in [2.45, 2.75) is 39.2 Å². The van der Waals surface area contributed by atoms with Gasteiger partial charge in [-0.2, -0.15) is 5.26 Å². The summed E-state index contributed by atoms with van der Waals surface area (Å²) < 4.78 is 28.6. The molecule has 0 spiro atoms. The van der Waals surface area contributed by atoms with Crippen molar-refractivity contribution in [1.82, 2.24) is 4.90 Å². The molecule has 2 rings (SSSR count). The summed E-state index contributed by atoms with van der Waals surface area (Å²) in [5, 5.41) is 9.11. The van der Waals surface area contributed by atoms with Gasteiger partial charge in [0.2, 0.25) is 5.75 Å². The number of rotatable bonds is 15. The van der Waals surface area contributed by atoms with Gasteiger partial charge in [0.1, 0.15) is 6.10 Å². The van der Waals surface area contributed by atoms with Crippen molar-refractivity contribution in [3.8, 4) is 34.8 Å². The standard InChI is InChI=1S/C27H38N2O5/c1-20(2)22(34-26-19-21(12-14-28)18-25(31-5)27(26)32-6)13-16-29(3)15-9-17-33-24-11-8-7-10-23(24)30-4/h7-8,10-11,18-20,22H,9,12-13,15-17H2,1-6H3. The molecule has 0 aliphatic carbocycles. The molecular weight excluding hydrogens is 432 g/mol. The van der Waals surface area contributed by atoms with Gasteiger partial charge in [-0.3, -0.25) is 0 Å². The molecule has 7 heteroatoms. The monoisotopic (exact) mass is 470 g/mol. The average molecular weight is 471 g/mol. The van der Waals surface area contributed by atoms with Gasteiger partial charge in [-0.15, -0.1) is 0 Å². The molecule has 0 heterocycles. The first-order chi connectivity index (χ1) is 16.4. The minimum atomic E-state index is -0.0109. The summed E-state index contributed by atoms with van der Waals surface area (Å²) in [6.07, 6.45) is 2.03. The van der Waals surface area contributed by atoms with Crippen molar-refractivity contribution in [2.24, 2.45) is 5.92 Å². The molecule has 0 fully saturated rings.